The molecule has 0 unspecified atom stereocenters. The second kappa shape index (κ2) is 5.23. The molecule has 1 aromatic carbocycles. The molecule has 94 valence electrons. The Morgan fingerprint density at radius 1 is 1.50 bits per heavy atom. The van der Waals surface area contributed by atoms with Gasteiger partial charge >= 0.3 is 0 Å². The summed E-state index contributed by atoms with van der Waals surface area (Å²) in [6.07, 6.45) is 3.37. The third-order valence-electron chi connectivity index (χ3n) is 2.67. The number of nitrogens with zero attached hydrogens (tertiary/aromatic N) is 2. The number of ether oxygens (including phenoxy) is 1. The number of halogens is 1. The van der Waals surface area contributed by atoms with Crippen molar-refractivity contribution in [1.29, 1.82) is 0 Å². The molecule has 0 saturated heterocycles. The highest BCUT2D eigenvalue weighted by Gasteiger charge is 2.19. The zero-order valence-corrected chi connectivity index (χ0v) is 10.9. The van der Waals surface area contributed by atoms with Crippen LogP contribution in [-0.4, -0.2) is 22.4 Å². The number of ketones is 1. The molecule has 0 saturated carbocycles. The third kappa shape index (κ3) is 2.24. The van der Waals surface area contributed by atoms with Crippen LogP contribution in [0.3, 0.4) is 0 Å². The fourth-order valence-corrected chi connectivity index (χ4v) is 1.92. The van der Waals surface area contributed by atoms with E-state index in [4.69, 9.17) is 16.3 Å². The van der Waals surface area contributed by atoms with Crippen molar-refractivity contribution in [2.45, 2.75) is 13.5 Å². The predicted molar refractivity (Wildman–Crippen MR) is 69.3 cm³/mol. The summed E-state index contributed by atoms with van der Waals surface area (Å²) < 4.78 is 6.96. The first-order valence-electron chi connectivity index (χ1n) is 5.56. The minimum Gasteiger partial charge on any atom is -0.496 e. The van der Waals surface area contributed by atoms with E-state index in [1.54, 1.807) is 35.2 Å². The molecule has 1 aromatic heterocycles. The summed E-state index contributed by atoms with van der Waals surface area (Å²) in [5.41, 5.74) is 0.422. The van der Waals surface area contributed by atoms with Crippen molar-refractivity contribution >= 4 is 17.4 Å². The SMILES string of the molecule is CCn1ccnc1C(=O)c1cc(Cl)ccc1OC. The van der Waals surface area contributed by atoms with Crippen molar-refractivity contribution in [3.8, 4) is 5.75 Å². The maximum atomic E-state index is 12.4. The monoisotopic (exact) mass is 264 g/mol. The Kier molecular flexibility index (Phi) is 3.67. The number of hydrogen-bond acceptors (Lipinski definition) is 3. The van der Waals surface area contributed by atoms with Crippen LogP contribution >= 0.6 is 11.6 Å². The van der Waals surface area contributed by atoms with E-state index in [1.165, 1.54) is 7.11 Å². The Balaban J connectivity index is 2.48. The van der Waals surface area contributed by atoms with Gasteiger partial charge in [0.2, 0.25) is 5.78 Å². The number of carbonyl (C=O) groups is 1. The van der Waals surface area contributed by atoms with Gasteiger partial charge in [-0.1, -0.05) is 11.6 Å². The largest absolute Gasteiger partial charge is 0.496 e. The van der Waals surface area contributed by atoms with Crippen LogP contribution in [0, 0.1) is 0 Å². The summed E-state index contributed by atoms with van der Waals surface area (Å²) in [5, 5.41) is 0.494. The van der Waals surface area contributed by atoms with Gasteiger partial charge < -0.3 is 9.30 Å². The highest BCUT2D eigenvalue weighted by atomic mass is 35.5. The number of imidazole rings is 1. The summed E-state index contributed by atoms with van der Waals surface area (Å²) in [4.78, 5) is 16.5. The van der Waals surface area contributed by atoms with Gasteiger partial charge in [-0.25, -0.2) is 4.98 Å². The molecular formula is C13H13ClN2O2. The van der Waals surface area contributed by atoms with Gasteiger partial charge in [-0.05, 0) is 25.1 Å². The van der Waals surface area contributed by atoms with Gasteiger partial charge in [-0.15, -0.1) is 0 Å². The lowest BCUT2D eigenvalue weighted by atomic mass is 10.1. The minimum atomic E-state index is -0.193. The van der Waals surface area contributed by atoms with Gasteiger partial charge in [-0.2, -0.15) is 0 Å². The highest BCUT2D eigenvalue weighted by molar-refractivity contribution is 6.31. The Hall–Kier alpha value is -1.81. The van der Waals surface area contributed by atoms with Crippen molar-refractivity contribution in [2.75, 3.05) is 7.11 Å². The van der Waals surface area contributed by atoms with E-state index >= 15 is 0 Å². The van der Waals surface area contributed by atoms with Crippen LogP contribution in [0.5, 0.6) is 5.75 Å². The van der Waals surface area contributed by atoms with Crippen molar-refractivity contribution in [2.24, 2.45) is 0 Å². The van der Waals surface area contributed by atoms with Crippen LogP contribution < -0.4 is 4.74 Å². The molecule has 0 fully saturated rings. The van der Waals surface area contributed by atoms with Crippen molar-refractivity contribution in [3.05, 3.63) is 47.0 Å². The van der Waals surface area contributed by atoms with Crippen LogP contribution in [0.25, 0.3) is 0 Å². The zero-order chi connectivity index (χ0) is 13.1. The second-order valence-corrected chi connectivity index (χ2v) is 4.15. The molecule has 0 atom stereocenters. The van der Waals surface area contributed by atoms with Gasteiger partial charge in [0, 0.05) is 24.0 Å². The van der Waals surface area contributed by atoms with E-state index in [2.05, 4.69) is 4.98 Å². The first-order chi connectivity index (χ1) is 8.67. The van der Waals surface area contributed by atoms with E-state index in [0.29, 0.717) is 28.7 Å². The van der Waals surface area contributed by atoms with Gasteiger partial charge in [0.15, 0.2) is 5.82 Å². The summed E-state index contributed by atoms with van der Waals surface area (Å²) in [5.74, 6) is 0.689. The number of hydrogen-bond donors (Lipinski definition) is 0. The quantitative estimate of drug-likeness (QED) is 0.798. The van der Waals surface area contributed by atoms with Gasteiger partial charge in [0.25, 0.3) is 0 Å². The van der Waals surface area contributed by atoms with E-state index in [9.17, 15) is 4.79 Å². The van der Waals surface area contributed by atoms with Crippen LogP contribution in [-0.2, 0) is 6.54 Å². The molecule has 0 N–H and O–H groups in total. The molecule has 18 heavy (non-hydrogen) atoms. The van der Waals surface area contributed by atoms with Crippen LogP contribution in [0.15, 0.2) is 30.6 Å². The Morgan fingerprint density at radius 3 is 2.94 bits per heavy atom. The molecule has 0 bridgehead atoms. The fraction of sp³-hybridized carbons (Fsp3) is 0.231. The molecule has 0 aliphatic heterocycles. The number of benzene rings is 1. The van der Waals surface area contributed by atoms with E-state index in [1.807, 2.05) is 6.92 Å². The Labute approximate surface area is 110 Å². The average Bonchev–Trinajstić information content (AvgIpc) is 2.86. The van der Waals surface area contributed by atoms with Crippen LogP contribution in [0.1, 0.15) is 23.1 Å². The normalized spacial score (nSPS) is 10.4. The van der Waals surface area contributed by atoms with Gasteiger partial charge in [-0.3, -0.25) is 4.79 Å². The zero-order valence-electron chi connectivity index (χ0n) is 10.2. The molecule has 0 amide bonds. The molecule has 5 heteroatoms. The summed E-state index contributed by atoms with van der Waals surface area (Å²) >= 11 is 5.92. The molecule has 0 radical (unpaired) electrons. The number of aromatic nitrogens is 2. The first kappa shape index (κ1) is 12.6. The molecule has 0 aliphatic rings. The Morgan fingerprint density at radius 2 is 2.28 bits per heavy atom. The lowest BCUT2D eigenvalue weighted by Gasteiger charge is -2.08. The molecular weight excluding hydrogens is 252 g/mol. The molecule has 2 aromatic rings. The molecule has 4 nitrogen and oxygen atoms in total. The fourth-order valence-electron chi connectivity index (χ4n) is 1.75. The number of rotatable bonds is 4. The number of aryl methyl sites for hydroxylation is 1. The summed E-state index contributed by atoms with van der Waals surface area (Å²) in [7, 11) is 1.52. The Bertz CT molecular complexity index is 578. The maximum Gasteiger partial charge on any atom is 0.232 e. The molecule has 1 heterocycles. The van der Waals surface area contributed by atoms with Crippen molar-refractivity contribution in [1.82, 2.24) is 9.55 Å². The summed E-state index contributed by atoms with van der Waals surface area (Å²) in [6, 6.07) is 4.95. The summed E-state index contributed by atoms with van der Waals surface area (Å²) in [6.45, 7) is 2.64. The minimum absolute atomic E-state index is 0.193. The third-order valence-corrected chi connectivity index (χ3v) is 2.90. The second-order valence-electron chi connectivity index (χ2n) is 3.71. The smallest absolute Gasteiger partial charge is 0.232 e. The van der Waals surface area contributed by atoms with E-state index in [-0.39, 0.29) is 5.78 Å². The molecule has 2 rings (SSSR count). The number of carbonyl (C=O) groups excluding carboxylic acids is 1. The standard InChI is InChI=1S/C13H13ClN2O2/c1-3-16-7-6-15-13(16)12(17)10-8-9(14)4-5-11(10)18-2/h4-8H,3H2,1-2H3. The molecule has 0 spiro atoms. The van der Waals surface area contributed by atoms with Gasteiger partial charge in [0.05, 0.1) is 12.7 Å². The maximum absolute atomic E-state index is 12.4. The lowest BCUT2D eigenvalue weighted by molar-refractivity contribution is 0.102. The van der Waals surface area contributed by atoms with Crippen LogP contribution in [0.4, 0.5) is 0 Å². The highest BCUT2D eigenvalue weighted by Crippen LogP contribution is 2.24. The van der Waals surface area contributed by atoms with E-state index in [0.717, 1.165) is 0 Å². The average molecular weight is 265 g/mol. The van der Waals surface area contributed by atoms with Crippen molar-refractivity contribution < 1.29 is 9.53 Å². The van der Waals surface area contributed by atoms with Gasteiger partial charge in [0.1, 0.15) is 5.75 Å². The number of methoxy groups -OCH3 is 1. The van der Waals surface area contributed by atoms with E-state index < -0.39 is 0 Å². The predicted octanol–water partition coefficient (Wildman–Crippen LogP) is 2.80. The van der Waals surface area contributed by atoms with Crippen molar-refractivity contribution in [3.63, 3.8) is 0 Å². The lowest BCUT2D eigenvalue weighted by Crippen LogP contribution is -2.11. The first-order valence-corrected chi connectivity index (χ1v) is 5.94. The van der Waals surface area contributed by atoms with Crippen LogP contribution in [0.2, 0.25) is 5.02 Å². The molecule has 0 aliphatic carbocycles. The topological polar surface area (TPSA) is 44.1 Å².